The van der Waals surface area contributed by atoms with E-state index in [1.54, 1.807) is 25.3 Å². The molecule has 1 N–H and O–H groups in total. The first-order chi connectivity index (χ1) is 13.6. The minimum atomic E-state index is -0.329. The number of halogens is 1. The SMILES string of the molecule is CCn1c(-c2cccc(C(=O)Nc3ccc(F)cc3C)c2)nc2cccnc21. The van der Waals surface area contributed by atoms with Gasteiger partial charge in [-0.3, -0.25) is 4.79 Å². The van der Waals surface area contributed by atoms with Gasteiger partial charge >= 0.3 is 0 Å². The number of hydrogen-bond donors (Lipinski definition) is 1. The van der Waals surface area contributed by atoms with E-state index in [0.29, 0.717) is 23.4 Å². The van der Waals surface area contributed by atoms with Gasteiger partial charge in [0.2, 0.25) is 0 Å². The van der Waals surface area contributed by atoms with Crippen LogP contribution in [0.5, 0.6) is 0 Å². The van der Waals surface area contributed by atoms with Crippen molar-refractivity contribution in [2.75, 3.05) is 5.32 Å². The second-order valence-corrected chi connectivity index (χ2v) is 6.52. The number of imidazole rings is 1. The summed E-state index contributed by atoms with van der Waals surface area (Å²) in [5, 5.41) is 2.84. The second-order valence-electron chi connectivity index (χ2n) is 6.52. The van der Waals surface area contributed by atoms with Crippen LogP contribution in [0.15, 0.2) is 60.8 Å². The van der Waals surface area contributed by atoms with Crippen LogP contribution in [0.2, 0.25) is 0 Å². The number of hydrogen-bond acceptors (Lipinski definition) is 3. The Hall–Kier alpha value is -3.54. The molecule has 0 radical (unpaired) electrons. The highest BCUT2D eigenvalue weighted by Gasteiger charge is 2.15. The number of carbonyl (C=O) groups is 1. The largest absolute Gasteiger partial charge is 0.322 e. The Morgan fingerprint density at radius 2 is 2.00 bits per heavy atom. The Morgan fingerprint density at radius 3 is 2.79 bits per heavy atom. The number of pyridine rings is 1. The molecule has 2 aromatic carbocycles. The predicted octanol–water partition coefficient (Wildman–Crippen LogP) is 4.82. The molecule has 0 aliphatic heterocycles. The van der Waals surface area contributed by atoms with Crippen LogP contribution in [0.3, 0.4) is 0 Å². The molecule has 5 nitrogen and oxygen atoms in total. The zero-order valence-electron chi connectivity index (χ0n) is 15.6. The van der Waals surface area contributed by atoms with Gasteiger partial charge in [-0.15, -0.1) is 0 Å². The number of aryl methyl sites for hydroxylation is 2. The van der Waals surface area contributed by atoms with Gasteiger partial charge < -0.3 is 9.88 Å². The number of carbonyl (C=O) groups excluding carboxylic acids is 1. The van der Waals surface area contributed by atoms with Crippen molar-refractivity contribution in [1.29, 1.82) is 0 Å². The van der Waals surface area contributed by atoms with Gasteiger partial charge in [0.05, 0.1) is 0 Å². The van der Waals surface area contributed by atoms with Crippen molar-refractivity contribution in [2.24, 2.45) is 0 Å². The van der Waals surface area contributed by atoms with Crippen molar-refractivity contribution >= 4 is 22.8 Å². The molecule has 1 amide bonds. The van der Waals surface area contributed by atoms with Gasteiger partial charge in [0.25, 0.3) is 5.91 Å². The van der Waals surface area contributed by atoms with Crippen LogP contribution in [0.25, 0.3) is 22.6 Å². The van der Waals surface area contributed by atoms with E-state index in [-0.39, 0.29) is 11.7 Å². The number of nitrogens with one attached hydrogen (secondary N) is 1. The highest BCUT2D eigenvalue weighted by Crippen LogP contribution is 2.25. The van der Waals surface area contributed by atoms with Crippen LogP contribution in [0, 0.1) is 12.7 Å². The zero-order valence-corrected chi connectivity index (χ0v) is 15.6. The fourth-order valence-corrected chi connectivity index (χ4v) is 3.24. The van der Waals surface area contributed by atoms with Gasteiger partial charge in [0.15, 0.2) is 5.65 Å². The summed E-state index contributed by atoms with van der Waals surface area (Å²) in [7, 11) is 0. The summed E-state index contributed by atoms with van der Waals surface area (Å²) < 4.78 is 15.3. The molecule has 0 aliphatic carbocycles. The van der Waals surface area contributed by atoms with E-state index in [1.807, 2.05) is 41.8 Å². The third kappa shape index (κ3) is 3.24. The standard InChI is InChI=1S/C22H19FN4O/c1-3-27-20(25-19-8-5-11-24-21(19)27)15-6-4-7-16(13-15)22(28)26-18-10-9-17(23)12-14(18)2/h4-13H,3H2,1-2H3,(H,26,28). The van der Waals surface area contributed by atoms with E-state index in [9.17, 15) is 9.18 Å². The van der Waals surface area contributed by atoms with E-state index in [0.717, 1.165) is 22.6 Å². The molecular weight excluding hydrogens is 355 g/mol. The molecule has 0 unspecified atom stereocenters. The Morgan fingerprint density at radius 1 is 1.14 bits per heavy atom. The van der Waals surface area contributed by atoms with Crippen molar-refractivity contribution in [2.45, 2.75) is 20.4 Å². The van der Waals surface area contributed by atoms with Crippen molar-refractivity contribution in [3.05, 3.63) is 77.7 Å². The number of amides is 1. The van der Waals surface area contributed by atoms with Crippen molar-refractivity contribution in [1.82, 2.24) is 14.5 Å². The van der Waals surface area contributed by atoms with Gasteiger partial charge in [-0.1, -0.05) is 12.1 Å². The van der Waals surface area contributed by atoms with Crippen LogP contribution in [0.1, 0.15) is 22.8 Å². The molecule has 4 rings (SSSR count). The number of aromatic nitrogens is 3. The average molecular weight is 374 g/mol. The summed E-state index contributed by atoms with van der Waals surface area (Å²) >= 11 is 0. The maximum atomic E-state index is 13.3. The highest BCUT2D eigenvalue weighted by molar-refractivity contribution is 6.05. The van der Waals surface area contributed by atoms with Gasteiger partial charge in [-0.05, 0) is 61.9 Å². The smallest absolute Gasteiger partial charge is 0.255 e. The van der Waals surface area contributed by atoms with E-state index in [4.69, 9.17) is 0 Å². The summed E-state index contributed by atoms with van der Waals surface area (Å²) in [6.07, 6.45) is 1.74. The van der Waals surface area contributed by atoms with Crippen LogP contribution in [0.4, 0.5) is 10.1 Å². The van der Waals surface area contributed by atoms with Gasteiger partial charge in [-0.25, -0.2) is 14.4 Å². The molecule has 0 bridgehead atoms. The monoisotopic (exact) mass is 374 g/mol. The second kappa shape index (κ2) is 7.23. The Kier molecular flexibility index (Phi) is 4.61. The first-order valence-corrected chi connectivity index (χ1v) is 9.06. The maximum absolute atomic E-state index is 13.3. The van der Waals surface area contributed by atoms with Crippen molar-refractivity contribution < 1.29 is 9.18 Å². The Bertz CT molecular complexity index is 1180. The van der Waals surface area contributed by atoms with Crippen LogP contribution >= 0.6 is 0 Å². The van der Waals surface area contributed by atoms with Gasteiger partial charge in [0, 0.05) is 29.6 Å². The van der Waals surface area contributed by atoms with Crippen LogP contribution in [-0.2, 0) is 6.54 Å². The summed E-state index contributed by atoms with van der Waals surface area (Å²) in [5.74, 6) is 0.183. The lowest BCUT2D eigenvalue weighted by Crippen LogP contribution is -2.13. The molecule has 0 fully saturated rings. The van der Waals surface area contributed by atoms with Crippen molar-refractivity contribution in [3.63, 3.8) is 0 Å². The highest BCUT2D eigenvalue weighted by atomic mass is 19.1. The molecule has 0 spiro atoms. The van der Waals surface area contributed by atoms with E-state index < -0.39 is 0 Å². The Balaban J connectivity index is 1.69. The molecule has 0 saturated carbocycles. The molecule has 140 valence electrons. The number of rotatable bonds is 4. The topological polar surface area (TPSA) is 59.8 Å². The first-order valence-electron chi connectivity index (χ1n) is 9.06. The first kappa shape index (κ1) is 17.9. The number of nitrogens with zero attached hydrogens (tertiary/aromatic N) is 3. The molecular formula is C22H19FN4O. The average Bonchev–Trinajstić information content (AvgIpc) is 3.09. The summed E-state index contributed by atoms with van der Waals surface area (Å²) in [6, 6.07) is 15.4. The minimum absolute atomic E-state index is 0.256. The zero-order chi connectivity index (χ0) is 19.7. The van der Waals surface area contributed by atoms with Crippen molar-refractivity contribution in [3.8, 4) is 11.4 Å². The maximum Gasteiger partial charge on any atom is 0.255 e. The lowest BCUT2D eigenvalue weighted by atomic mass is 10.1. The number of fused-ring (bicyclic) bond motifs is 1. The normalized spacial score (nSPS) is 11.0. The molecule has 2 aromatic heterocycles. The van der Waals surface area contributed by atoms with E-state index in [2.05, 4.69) is 15.3 Å². The lowest BCUT2D eigenvalue weighted by Gasteiger charge is -2.10. The quantitative estimate of drug-likeness (QED) is 0.557. The van der Waals surface area contributed by atoms with Crippen LogP contribution < -0.4 is 5.32 Å². The predicted molar refractivity (Wildman–Crippen MR) is 108 cm³/mol. The van der Waals surface area contributed by atoms with Gasteiger partial charge in [0.1, 0.15) is 17.2 Å². The summed E-state index contributed by atoms with van der Waals surface area (Å²) in [4.78, 5) is 21.8. The van der Waals surface area contributed by atoms with Gasteiger partial charge in [-0.2, -0.15) is 0 Å². The fraction of sp³-hybridized carbons (Fsp3) is 0.136. The third-order valence-corrected chi connectivity index (χ3v) is 4.64. The molecule has 4 aromatic rings. The number of anilines is 1. The molecule has 0 saturated heterocycles. The third-order valence-electron chi connectivity index (χ3n) is 4.64. The minimum Gasteiger partial charge on any atom is -0.322 e. The summed E-state index contributed by atoms with van der Waals surface area (Å²) in [6.45, 7) is 4.51. The van der Waals surface area contributed by atoms with E-state index in [1.165, 1.54) is 12.1 Å². The molecule has 0 atom stereocenters. The molecule has 6 heteroatoms. The molecule has 0 aliphatic rings. The Labute approximate surface area is 161 Å². The lowest BCUT2D eigenvalue weighted by molar-refractivity contribution is 0.102. The summed E-state index contributed by atoms with van der Waals surface area (Å²) in [5.41, 5.74) is 4.23. The molecule has 28 heavy (non-hydrogen) atoms. The molecule has 2 heterocycles. The fourth-order valence-electron chi connectivity index (χ4n) is 3.24. The van der Waals surface area contributed by atoms with Crippen LogP contribution in [-0.4, -0.2) is 20.4 Å². The number of benzene rings is 2. The van der Waals surface area contributed by atoms with E-state index >= 15 is 0 Å².